The van der Waals surface area contributed by atoms with E-state index in [-0.39, 0.29) is 12.1 Å². The first-order valence-corrected chi connectivity index (χ1v) is 6.18. The second-order valence-corrected chi connectivity index (χ2v) is 5.41. The molecular formula is C14H21N3O. The minimum absolute atomic E-state index is 0.133. The van der Waals surface area contributed by atoms with E-state index in [2.05, 4.69) is 22.1 Å². The van der Waals surface area contributed by atoms with Crippen LogP contribution in [-0.4, -0.2) is 39.0 Å². The molecule has 0 aliphatic carbocycles. The van der Waals surface area contributed by atoms with Crippen molar-refractivity contribution in [3.05, 3.63) is 30.0 Å². The van der Waals surface area contributed by atoms with Gasteiger partial charge in [0.15, 0.2) is 0 Å². The normalized spacial score (nSPS) is 12.6. The van der Waals surface area contributed by atoms with Gasteiger partial charge in [-0.3, -0.25) is 9.58 Å². The van der Waals surface area contributed by atoms with E-state index in [1.807, 2.05) is 44.8 Å². The van der Waals surface area contributed by atoms with Crippen molar-refractivity contribution in [2.45, 2.75) is 25.9 Å². The number of aliphatic hydroxyl groups excluding tert-OH is 1. The largest absolute Gasteiger partial charge is 0.394 e. The highest BCUT2D eigenvalue weighted by Crippen LogP contribution is 2.21. The molecule has 0 amide bonds. The van der Waals surface area contributed by atoms with E-state index in [9.17, 15) is 5.11 Å². The maximum absolute atomic E-state index is 9.39. The first-order chi connectivity index (χ1) is 8.45. The molecule has 0 radical (unpaired) electrons. The first-order valence-electron chi connectivity index (χ1n) is 6.18. The molecule has 1 N–H and O–H groups in total. The van der Waals surface area contributed by atoms with Gasteiger partial charge in [-0.1, -0.05) is 18.2 Å². The van der Waals surface area contributed by atoms with Crippen LogP contribution in [0.5, 0.6) is 0 Å². The van der Waals surface area contributed by atoms with Gasteiger partial charge in [-0.15, -0.1) is 0 Å². The average Bonchev–Trinajstić information content (AvgIpc) is 2.67. The van der Waals surface area contributed by atoms with Crippen molar-refractivity contribution in [3.8, 4) is 0 Å². The summed E-state index contributed by atoms with van der Waals surface area (Å²) in [6.07, 6.45) is 0. The third-order valence-electron chi connectivity index (χ3n) is 3.64. The molecule has 2 rings (SSSR count). The fourth-order valence-electron chi connectivity index (χ4n) is 1.96. The summed E-state index contributed by atoms with van der Waals surface area (Å²) in [6, 6.07) is 8.22. The monoisotopic (exact) mass is 247 g/mol. The van der Waals surface area contributed by atoms with Gasteiger partial charge in [-0.05, 0) is 27.0 Å². The van der Waals surface area contributed by atoms with E-state index in [0.717, 1.165) is 17.8 Å². The highest BCUT2D eigenvalue weighted by atomic mass is 16.3. The Morgan fingerprint density at radius 2 is 2.00 bits per heavy atom. The number of fused-ring (bicyclic) bond motifs is 1. The second-order valence-electron chi connectivity index (χ2n) is 5.41. The number of aliphatic hydroxyl groups is 1. The third-order valence-corrected chi connectivity index (χ3v) is 3.64. The van der Waals surface area contributed by atoms with E-state index in [0.29, 0.717) is 0 Å². The summed E-state index contributed by atoms with van der Waals surface area (Å²) in [6.45, 7) is 4.92. The van der Waals surface area contributed by atoms with Crippen LogP contribution in [0.3, 0.4) is 0 Å². The van der Waals surface area contributed by atoms with Crippen LogP contribution in [0.1, 0.15) is 19.5 Å². The predicted octanol–water partition coefficient (Wildman–Crippen LogP) is 1.78. The number of rotatable bonds is 4. The number of aromatic nitrogens is 2. The lowest BCUT2D eigenvalue weighted by molar-refractivity contribution is 0.0726. The quantitative estimate of drug-likeness (QED) is 0.895. The zero-order valence-corrected chi connectivity index (χ0v) is 11.5. The maximum atomic E-state index is 9.39. The lowest BCUT2D eigenvalue weighted by Crippen LogP contribution is -2.43. The SMILES string of the molecule is CN(Cc1nn(C)c2ccccc12)C(C)(C)CO. The second kappa shape index (κ2) is 4.71. The number of hydrogen-bond donors (Lipinski definition) is 1. The average molecular weight is 247 g/mol. The van der Waals surface area contributed by atoms with E-state index in [4.69, 9.17) is 0 Å². The van der Waals surface area contributed by atoms with E-state index < -0.39 is 0 Å². The van der Waals surface area contributed by atoms with Crippen molar-refractivity contribution in [2.75, 3.05) is 13.7 Å². The molecule has 0 saturated heterocycles. The summed E-state index contributed by atoms with van der Waals surface area (Å²) < 4.78 is 1.91. The van der Waals surface area contributed by atoms with Gasteiger partial charge in [0.05, 0.1) is 17.8 Å². The van der Waals surface area contributed by atoms with Crippen LogP contribution in [0.2, 0.25) is 0 Å². The van der Waals surface area contributed by atoms with Crippen molar-refractivity contribution >= 4 is 10.9 Å². The van der Waals surface area contributed by atoms with Crippen molar-refractivity contribution in [1.82, 2.24) is 14.7 Å². The topological polar surface area (TPSA) is 41.3 Å². The minimum Gasteiger partial charge on any atom is -0.394 e. The summed E-state index contributed by atoms with van der Waals surface area (Å²) in [7, 11) is 3.97. The molecule has 1 aromatic carbocycles. The standard InChI is InChI=1S/C14H21N3O/c1-14(2,10-18)16(3)9-12-11-7-5-6-8-13(11)17(4)15-12/h5-8,18H,9-10H2,1-4H3. The molecule has 0 saturated carbocycles. The van der Waals surface area contributed by atoms with Crippen LogP contribution in [0.15, 0.2) is 24.3 Å². The number of likely N-dealkylation sites (N-methyl/N-ethyl adjacent to an activating group) is 1. The smallest absolute Gasteiger partial charge is 0.0843 e. The summed E-state index contributed by atoms with van der Waals surface area (Å²) in [4.78, 5) is 2.13. The van der Waals surface area contributed by atoms with Crippen LogP contribution in [0, 0.1) is 0 Å². The van der Waals surface area contributed by atoms with Gasteiger partial charge in [0.25, 0.3) is 0 Å². The number of para-hydroxylation sites is 1. The Labute approximate surface area is 108 Å². The molecular weight excluding hydrogens is 226 g/mol. The Morgan fingerprint density at radius 1 is 1.33 bits per heavy atom. The number of nitrogens with zero attached hydrogens (tertiary/aromatic N) is 3. The van der Waals surface area contributed by atoms with Crippen molar-refractivity contribution < 1.29 is 5.11 Å². The summed E-state index contributed by atoms with van der Waals surface area (Å²) in [5.41, 5.74) is 1.96. The Hall–Kier alpha value is -1.39. The molecule has 0 aliphatic heterocycles. The molecule has 1 aromatic heterocycles. The Balaban J connectivity index is 2.33. The molecule has 0 fully saturated rings. The molecule has 2 aromatic rings. The molecule has 0 spiro atoms. The van der Waals surface area contributed by atoms with Crippen LogP contribution in [-0.2, 0) is 13.6 Å². The fraction of sp³-hybridized carbons (Fsp3) is 0.500. The maximum Gasteiger partial charge on any atom is 0.0843 e. The van der Waals surface area contributed by atoms with Crippen molar-refractivity contribution in [2.24, 2.45) is 7.05 Å². The molecule has 1 heterocycles. The molecule has 0 atom stereocenters. The Morgan fingerprint density at radius 3 is 2.67 bits per heavy atom. The molecule has 18 heavy (non-hydrogen) atoms. The van der Waals surface area contributed by atoms with E-state index in [1.54, 1.807) is 0 Å². The van der Waals surface area contributed by atoms with Gasteiger partial charge in [0.1, 0.15) is 0 Å². The molecule has 4 heteroatoms. The van der Waals surface area contributed by atoms with Crippen molar-refractivity contribution in [3.63, 3.8) is 0 Å². The highest BCUT2D eigenvalue weighted by molar-refractivity contribution is 5.81. The van der Waals surface area contributed by atoms with Gasteiger partial charge in [-0.25, -0.2) is 0 Å². The van der Waals surface area contributed by atoms with Gasteiger partial charge in [0.2, 0.25) is 0 Å². The van der Waals surface area contributed by atoms with Gasteiger partial charge < -0.3 is 5.11 Å². The predicted molar refractivity (Wildman–Crippen MR) is 73.3 cm³/mol. The van der Waals surface area contributed by atoms with Crippen LogP contribution >= 0.6 is 0 Å². The third kappa shape index (κ3) is 2.26. The van der Waals surface area contributed by atoms with Crippen LogP contribution < -0.4 is 0 Å². The zero-order valence-electron chi connectivity index (χ0n) is 11.5. The van der Waals surface area contributed by atoms with Crippen LogP contribution in [0.25, 0.3) is 10.9 Å². The minimum atomic E-state index is -0.237. The number of aryl methyl sites for hydroxylation is 1. The lowest BCUT2D eigenvalue weighted by Gasteiger charge is -2.33. The zero-order chi connectivity index (χ0) is 13.3. The van der Waals surface area contributed by atoms with Gasteiger partial charge in [0, 0.05) is 24.5 Å². The summed E-state index contributed by atoms with van der Waals surface area (Å²) >= 11 is 0. The first kappa shape index (κ1) is 13.1. The van der Waals surface area contributed by atoms with Crippen molar-refractivity contribution in [1.29, 1.82) is 0 Å². The molecule has 0 aliphatic rings. The van der Waals surface area contributed by atoms with E-state index >= 15 is 0 Å². The van der Waals surface area contributed by atoms with E-state index in [1.165, 1.54) is 5.39 Å². The number of benzene rings is 1. The summed E-state index contributed by atoms with van der Waals surface area (Å²) in [5.74, 6) is 0. The Bertz CT molecular complexity index is 545. The molecule has 0 unspecified atom stereocenters. The molecule has 0 bridgehead atoms. The van der Waals surface area contributed by atoms with Gasteiger partial charge >= 0.3 is 0 Å². The molecule has 4 nitrogen and oxygen atoms in total. The molecule has 98 valence electrons. The highest BCUT2D eigenvalue weighted by Gasteiger charge is 2.23. The summed E-state index contributed by atoms with van der Waals surface area (Å²) in [5, 5.41) is 15.1. The van der Waals surface area contributed by atoms with Crippen LogP contribution in [0.4, 0.5) is 0 Å². The fourth-order valence-corrected chi connectivity index (χ4v) is 1.96. The lowest BCUT2D eigenvalue weighted by atomic mass is 10.0. The Kier molecular flexibility index (Phi) is 3.41. The number of hydrogen-bond acceptors (Lipinski definition) is 3. The van der Waals surface area contributed by atoms with Gasteiger partial charge in [-0.2, -0.15) is 5.10 Å².